The van der Waals surface area contributed by atoms with Crippen LogP contribution in [0.3, 0.4) is 0 Å². The summed E-state index contributed by atoms with van der Waals surface area (Å²) >= 11 is 11.7. The number of anilines is 2. The molecule has 4 aromatic rings. The highest BCUT2D eigenvalue weighted by Gasteiger charge is 2.10. The SMILES string of the molecule is CCn1ncc(Cn2cc(NC(=S)Nc3cc(C)n(Cc4ccccc4Cl)n3)cn2)c1C. The minimum atomic E-state index is 0.446. The number of aryl methyl sites for hydroxylation is 2. The van der Waals surface area contributed by atoms with E-state index in [1.807, 2.05) is 63.7 Å². The van der Waals surface area contributed by atoms with Crippen LogP contribution in [-0.4, -0.2) is 34.5 Å². The molecule has 0 aliphatic rings. The number of nitrogens with zero attached hydrogens (tertiary/aromatic N) is 6. The lowest BCUT2D eigenvalue weighted by Gasteiger charge is -2.07. The fraction of sp³-hybridized carbons (Fsp3) is 0.273. The van der Waals surface area contributed by atoms with Crippen LogP contribution in [0.1, 0.15) is 29.4 Å². The van der Waals surface area contributed by atoms with Crippen molar-refractivity contribution in [1.29, 1.82) is 0 Å². The molecule has 0 aliphatic heterocycles. The molecule has 0 bridgehead atoms. The number of nitrogens with one attached hydrogen (secondary N) is 2. The zero-order valence-electron chi connectivity index (χ0n) is 18.2. The molecule has 3 heterocycles. The van der Waals surface area contributed by atoms with Gasteiger partial charge in [-0.1, -0.05) is 29.8 Å². The van der Waals surface area contributed by atoms with Gasteiger partial charge in [0.05, 0.1) is 31.2 Å². The van der Waals surface area contributed by atoms with Gasteiger partial charge in [0.2, 0.25) is 0 Å². The lowest BCUT2D eigenvalue weighted by atomic mass is 10.2. The van der Waals surface area contributed by atoms with Gasteiger partial charge in [-0.3, -0.25) is 14.0 Å². The fourth-order valence-corrected chi connectivity index (χ4v) is 3.86. The summed E-state index contributed by atoms with van der Waals surface area (Å²) in [5.74, 6) is 0.669. The maximum absolute atomic E-state index is 6.28. The van der Waals surface area contributed by atoms with Crippen LogP contribution in [0.25, 0.3) is 0 Å². The van der Waals surface area contributed by atoms with Crippen molar-refractivity contribution < 1.29 is 0 Å². The number of benzene rings is 1. The van der Waals surface area contributed by atoms with Crippen molar-refractivity contribution >= 4 is 40.4 Å². The smallest absolute Gasteiger partial charge is 0.176 e. The minimum Gasteiger partial charge on any atom is -0.330 e. The maximum atomic E-state index is 6.28. The van der Waals surface area contributed by atoms with Crippen LogP contribution >= 0.6 is 23.8 Å². The maximum Gasteiger partial charge on any atom is 0.176 e. The van der Waals surface area contributed by atoms with Gasteiger partial charge < -0.3 is 10.6 Å². The molecule has 0 atom stereocenters. The van der Waals surface area contributed by atoms with E-state index in [4.69, 9.17) is 23.8 Å². The molecule has 0 amide bonds. The summed E-state index contributed by atoms with van der Waals surface area (Å²) in [5, 5.41) is 20.9. The zero-order valence-corrected chi connectivity index (χ0v) is 19.8. The first kappa shape index (κ1) is 22.0. The van der Waals surface area contributed by atoms with Gasteiger partial charge >= 0.3 is 0 Å². The zero-order chi connectivity index (χ0) is 22.7. The van der Waals surface area contributed by atoms with E-state index in [1.54, 1.807) is 6.20 Å². The number of thiocarbonyl (C=S) groups is 1. The first-order chi connectivity index (χ1) is 15.4. The Morgan fingerprint density at radius 3 is 2.59 bits per heavy atom. The predicted octanol–water partition coefficient (Wildman–Crippen LogP) is 4.47. The number of rotatable bonds is 7. The molecular formula is C22H25ClN8S. The van der Waals surface area contributed by atoms with Crippen molar-refractivity contribution in [2.75, 3.05) is 10.6 Å². The third-order valence-electron chi connectivity index (χ3n) is 5.23. The van der Waals surface area contributed by atoms with Gasteiger partial charge in [0, 0.05) is 40.8 Å². The first-order valence-electron chi connectivity index (χ1n) is 10.3. The summed E-state index contributed by atoms with van der Waals surface area (Å²) in [5.41, 5.74) is 5.11. The van der Waals surface area contributed by atoms with E-state index in [2.05, 4.69) is 39.8 Å². The average molecular weight is 469 g/mol. The molecule has 0 saturated heterocycles. The molecule has 0 radical (unpaired) electrons. The minimum absolute atomic E-state index is 0.446. The monoisotopic (exact) mass is 468 g/mol. The molecule has 0 unspecified atom stereocenters. The summed E-state index contributed by atoms with van der Waals surface area (Å²) in [4.78, 5) is 0. The van der Waals surface area contributed by atoms with Crippen LogP contribution in [0.15, 0.2) is 48.9 Å². The largest absolute Gasteiger partial charge is 0.330 e. The lowest BCUT2D eigenvalue weighted by molar-refractivity contribution is 0.633. The van der Waals surface area contributed by atoms with E-state index in [-0.39, 0.29) is 0 Å². The Morgan fingerprint density at radius 2 is 1.84 bits per heavy atom. The van der Waals surface area contributed by atoms with Crippen molar-refractivity contribution in [2.24, 2.45) is 0 Å². The molecule has 1 aromatic carbocycles. The summed E-state index contributed by atoms with van der Waals surface area (Å²) in [7, 11) is 0. The number of hydrogen-bond acceptors (Lipinski definition) is 4. The van der Waals surface area contributed by atoms with Crippen LogP contribution in [0.5, 0.6) is 0 Å². The van der Waals surface area contributed by atoms with Gasteiger partial charge in [-0.05, 0) is 44.6 Å². The summed E-state index contributed by atoms with van der Waals surface area (Å²) in [6, 6.07) is 9.71. The van der Waals surface area contributed by atoms with Crippen molar-refractivity contribution in [2.45, 2.75) is 40.4 Å². The number of aromatic nitrogens is 6. The van der Waals surface area contributed by atoms with Crippen molar-refractivity contribution in [1.82, 2.24) is 29.3 Å². The van der Waals surface area contributed by atoms with Gasteiger partial charge in [0.15, 0.2) is 10.9 Å². The number of halogens is 1. The normalized spacial score (nSPS) is 11.0. The Labute approximate surface area is 197 Å². The summed E-state index contributed by atoms with van der Waals surface area (Å²) in [6.07, 6.45) is 5.55. The van der Waals surface area contributed by atoms with Crippen LogP contribution in [0, 0.1) is 13.8 Å². The van der Waals surface area contributed by atoms with Gasteiger partial charge in [-0.15, -0.1) is 0 Å². The molecule has 166 valence electrons. The second-order valence-electron chi connectivity index (χ2n) is 7.50. The second-order valence-corrected chi connectivity index (χ2v) is 8.31. The van der Waals surface area contributed by atoms with Crippen LogP contribution in [0.2, 0.25) is 5.02 Å². The second kappa shape index (κ2) is 9.54. The van der Waals surface area contributed by atoms with Gasteiger partial charge in [-0.2, -0.15) is 15.3 Å². The standard InChI is InChI=1S/C22H25ClN8S/c1-4-30-16(3)18(10-25-30)12-29-14-19(11-24-29)26-22(32)27-21-9-15(2)31(28-21)13-17-7-5-6-8-20(17)23/h5-11,14H,4,12-13H2,1-3H3,(H2,26,27,28,32). The molecule has 3 aromatic heterocycles. The molecule has 4 rings (SSSR count). The molecule has 0 aliphatic carbocycles. The number of hydrogen-bond donors (Lipinski definition) is 2. The topological polar surface area (TPSA) is 77.5 Å². The van der Waals surface area contributed by atoms with Crippen molar-refractivity contribution in [3.8, 4) is 0 Å². The van der Waals surface area contributed by atoms with Gasteiger partial charge in [0.1, 0.15) is 0 Å². The molecule has 0 spiro atoms. The Bertz CT molecular complexity index is 1240. The third-order valence-corrected chi connectivity index (χ3v) is 5.80. The predicted molar refractivity (Wildman–Crippen MR) is 131 cm³/mol. The average Bonchev–Trinajstić information content (AvgIpc) is 3.44. The van der Waals surface area contributed by atoms with E-state index in [1.165, 1.54) is 0 Å². The van der Waals surface area contributed by atoms with E-state index in [0.29, 0.717) is 24.0 Å². The lowest BCUT2D eigenvalue weighted by Crippen LogP contribution is -2.19. The summed E-state index contributed by atoms with van der Waals surface area (Å²) in [6.45, 7) is 8.24. The highest BCUT2D eigenvalue weighted by atomic mass is 35.5. The molecule has 8 nitrogen and oxygen atoms in total. The molecule has 32 heavy (non-hydrogen) atoms. The highest BCUT2D eigenvalue weighted by Crippen LogP contribution is 2.18. The summed E-state index contributed by atoms with van der Waals surface area (Å²) < 4.78 is 5.73. The van der Waals surface area contributed by atoms with Crippen molar-refractivity contribution in [3.63, 3.8) is 0 Å². The Morgan fingerprint density at radius 1 is 1.03 bits per heavy atom. The Hall–Kier alpha value is -3.17. The van der Waals surface area contributed by atoms with E-state index in [0.717, 1.165) is 39.8 Å². The molecule has 0 saturated carbocycles. The van der Waals surface area contributed by atoms with Gasteiger partial charge in [-0.25, -0.2) is 0 Å². The molecule has 2 N–H and O–H groups in total. The van der Waals surface area contributed by atoms with Gasteiger partial charge in [0.25, 0.3) is 0 Å². The van der Waals surface area contributed by atoms with Crippen LogP contribution < -0.4 is 10.6 Å². The van der Waals surface area contributed by atoms with Crippen LogP contribution in [-0.2, 0) is 19.6 Å². The van der Waals surface area contributed by atoms with Crippen molar-refractivity contribution in [3.05, 3.63) is 76.5 Å². The van der Waals surface area contributed by atoms with E-state index < -0.39 is 0 Å². The van der Waals surface area contributed by atoms with E-state index >= 15 is 0 Å². The van der Waals surface area contributed by atoms with Crippen LogP contribution in [0.4, 0.5) is 11.5 Å². The first-order valence-corrected chi connectivity index (χ1v) is 11.1. The molecule has 0 fully saturated rings. The van der Waals surface area contributed by atoms with E-state index in [9.17, 15) is 0 Å². The fourth-order valence-electron chi connectivity index (χ4n) is 3.45. The molecular weight excluding hydrogens is 444 g/mol. The highest BCUT2D eigenvalue weighted by molar-refractivity contribution is 7.80. The Kier molecular flexibility index (Phi) is 6.57. The third kappa shape index (κ3) is 5.00. The quantitative estimate of drug-likeness (QED) is 0.389. The molecule has 10 heteroatoms. The Balaban J connectivity index is 1.36.